The lowest BCUT2D eigenvalue weighted by atomic mass is 9.90. The van der Waals surface area contributed by atoms with Crippen LogP contribution in [0.15, 0.2) is 30.6 Å². The molecule has 92 valence electrons. The number of nitrogens with zero attached hydrogens (tertiary/aromatic N) is 1. The summed E-state index contributed by atoms with van der Waals surface area (Å²) in [5, 5.41) is 9.41. The van der Waals surface area contributed by atoms with Crippen LogP contribution in [0.2, 0.25) is 0 Å². The third kappa shape index (κ3) is 2.01. The van der Waals surface area contributed by atoms with Crippen LogP contribution in [0.1, 0.15) is 34.3 Å². The molecule has 0 unspecified atom stereocenters. The van der Waals surface area contributed by atoms with Crippen molar-refractivity contribution in [3.63, 3.8) is 0 Å². The van der Waals surface area contributed by atoms with Crippen molar-refractivity contribution in [1.82, 2.24) is 10.2 Å². The average molecular weight is 241 g/mol. The van der Waals surface area contributed by atoms with Gasteiger partial charge in [-0.2, -0.15) is 5.10 Å². The highest BCUT2D eigenvalue weighted by Gasteiger charge is 2.15. The summed E-state index contributed by atoms with van der Waals surface area (Å²) in [7, 11) is 0. The minimum Gasteiger partial charge on any atom is -0.322 e. The Balaban J connectivity index is 1.87. The Morgan fingerprint density at radius 2 is 2.17 bits per heavy atom. The van der Waals surface area contributed by atoms with E-state index in [9.17, 15) is 4.79 Å². The maximum atomic E-state index is 12.0. The summed E-state index contributed by atoms with van der Waals surface area (Å²) >= 11 is 0. The third-order valence-electron chi connectivity index (χ3n) is 3.40. The van der Waals surface area contributed by atoms with E-state index in [1.54, 1.807) is 6.20 Å². The van der Waals surface area contributed by atoms with Crippen LogP contribution in [0, 0.1) is 0 Å². The van der Waals surface area contributed by atoms with Gasteiger partial charge in [0.1, 0.15) is 0 Å². The van der Waals surface area contributed by atoms with Crippen LogP contribution in [0.3, 0.4) is 0 Å². The van der Waals surface area contributed by atoms with Crippen molar-refractivity contribution in [2.24, 2.45) is 0 Å². The Morgan fingerprint density at radius 1 is 1.28 bits per heavy atom. The van der Waals surface area contributed by atoms with Gasteiger partial charge < -0.3 is 5.32 Å². The van der Waals surface area contributed by atoms with Crippen molar-refractivity contribution < 1.29 is 4.79 Å². The SMILES string of the molecule is O=C(Nc1cccc2c1CCCC2)c1cn[nH]c1. The Kier molecular flexibility index (Phi) is 2.84. The largest absolute Gasteiger partial charge is 0.322 e. The number of aromatic nitrogens is 2. The summed E-state index contributed by atoms with van der Waals surface area (Å²) in [4.78, 5) is 12.0. The zero-order chi connectivity index (χ0) is 12.4. The Morgan fingerprint density at radius 3 is 3.00 bits per heavy atom. The Hall–Kier alpha value is -2.10. The molecule has 1 aromatic heterocycles. The first-order valence-electron chi connectivity index (χ1n) is 6.25. The van der Waals surface area contributed by atoms with Crippen LogP contribution in [0.4, 0.5) is 5.69 Å². The number of nitrogens with one attached hydrogen (secondary N) is 2. The Bertz CT molecular complexity index is 560. The lowest BCUT2D eigenvalue weighted by molar-refractivity contribution is 0.102. The summed E-state index contributed by atoms with van der Waals surface area (Å²) < 4.78 is 0. The van der Waals surface area contributed by atoms with Crippen molar-refractivity contribution in [1.29, 1.82) is 0 Å². The van der Waals surface area contributed by atoms with E-state index in [2.05, 4.69) is 21.6 Å². The molecule has 4 heteroatoms. The highest BCUT2D eigenvalue weighted by Crippen LogP contribution is 2.28. The van der Waals surface area contributed by atoms with Crippen LogP contribution in [0.25, 0.3) is 0 Å². The highest BCUT2D eigenvalue weighted by molar-refractivity contribution is 6.04. The summed E-state index contributed by atoms with van der Waals surface area (Å²) in [5.41, 5.74) is 4.16. The van der Waals surface area contributed by atoms with E-state index >= 15 is 0 Å². The number of carbonyl (C=O) groups is 1. The maximum absolute atomic E-state index is 12.0. The predicted molar refractivity (Wildman–Crippen MR) is 69.6 cm³/mol. The minimum absolute atomic E-state index is 0.109. The van der Waals surface area contributed by atoms with E-state index in [1.807, 2.05) is 12.1 Å². The number of anilines is 1. The zero-order valence-corrected chi connectivity index (χ0v) is 10.1. The van der Waals surface area contributed by atoms with Crippen LogP contribution in [0.5, 0.6) is 0 Å². The highest BCUT2D eigenvalue weighted by atomic mass is 16.1. The number of aryl methyl sites for hydroxylation is 1. The second-order valence-corrected chi connectivity index (χ2v) is 4.59. The van der Waals surface area contributed by atoms with E-state index < -0.39 is 0 Å². The standard InChI is InChI=1S/C14H15N3O/c18-14(11-8-15-16-9-11)17-13-7-3-5-10-4-1-2-6-12(10)13/h3,5,7-9H,1-2,4,6H2,(H,15,16)(H,17,18). The first-order chi connectivity index (χ1) is 8.84. The van der Waals surface area contributed by atoms with Gasteiger partial charge in [0.25, 0.3) is 5.91 Å². The van der Waals surface area contributed by atoms with Gasteiger partial charge in [0.15, 0.2) is 0 Å². The minimum atomic E-state index is -0.109. The lowest BCUT2D eigenvalue weighted by Crippen LogP contribution is -2.14. The number of carbonyl (C=O) groups excluding carboxylic acids is 1. The van der Waals surface area contributed by atoms with Gasteiger partial charge in [-0.15, -0.1) is 0 Å². The molecule has 0 radical (unpaired) electrons. The lowest BCUT2D eigenvalue weighted by Gasteiger charge is -2.19. The van der Waals surface area contributed by atoms with Crippen LogP contribution >= 0.6 is 0 Å². The van der Waals surface area contributed by atoms with Crippen LogP contribution < -0.4 is 5.32 Å². The molecule has 0 spiro atoms. The molecule has 1 heterocycles. The molecular weight excluding hydrogens is 226 g/mol. The number of rotatable bonds is 2. The van der Waals surface area contributed by atoms with Crippen molar-refractivity contribution in [3.8, 4) is 0 Å². The van der Waals surface area contributed by atoms with Crippen molar-refractivity contribution in [2.45, 2.75) is 25.7 Å². The van der Waals surface area contributed by atoms with Crippen molar-refractivity contribution in [3.05, 3.63) is 47.3 Å². The molecule has 0 aliphatic heterocycles. The van der Waals surface area contributed by atoms with Crippen LogP contribution in [-0.4, -0.2) is 16.1 Å². The molecule has 0 saturated heterocycles. The summed E-state index contributed by atoms with van der Waals surface area (Å²) in [6.07, 6.45) is 7.75. The molecule has 0 fully saturated rings. The van der Waals surface area contributed by atoms with Gasteiger partial charge in [0, 0.05) is 11.9 Å². The summed E-state index contributed by atoms with van der Waals surface area (Å²) in [6, 6.07) is 6.14. The molecule has 1 aromatic carbocycles. The number of H-pyrrole nitrogens is 1. The monoisotopic (exact) mass is 241 g/mol. The predicted octanol–water partition coefficient (Wildman–Crippen LogP) is 2.54. The van der Waals surface area contributed by atoms with Gasteiger partial charge in [0.2, 0.25) is 0 Å². The number of fused-ring (bicyclic) bond motifs is 1. The molecule has 0 bridgehead atoms. The molecule has 0 atom stereocenters. The van der Waals surface area contributed by atoms with Gasteiger partial charge in [0.05, 0.1) is 11.8 Å². The maximum Gasteiger partial charge on any atom is 0.258 e. The normalized spacial score (nSPS) is 14.0. The molecule has 2 N–H and O–H groups in total. The number of hydrogen-bond acceptors (Lipinski definition) is 2. The van der Waals surface area contributed by atoms with Gasteiger partial charge in [-0.25, -0.2) is 0 Å². The van der Waals surface area contributed by atoms with Crippen molar-refractivity contribution in [2.75, 3.05) is 5.32 Å². The Labute approximate surface area is 105 Å². The number of hydrogen-bond donors (Lipinski definition) is 2. The van der Waals surface area contributed by atoms with E-state index in [-0.39, 0.29) is 5.91 Å². The van der Waals surface area contributed by atoms with Gasteiger partial charge >= 0.3 is 0 Å². The number of benzene rings is 1. The molecular formula is C14H15N3O. The van der Waals surface area contributed by atoms with E-state index in [0.29, 0.717) is 5.56 Å². The van der Waals surface area contributed by atoms with Gasteiger partial charge in [-0.05, 0) is 42.9 Å². The van der Waals surface area contributed by atoms with Crippen LogP contribution in [-0.2, 0) is 12.8 Å². The molecule has 2 aromatic rings. The third-order valence-corrected chi connectivity index (χ3v) is 3.40. The fraction of sp³-hybridized carbons (Fsp3) is 0.286. The summed E-state index contributed by atoms with van der Waals surface area (Å²) in [6.45, 7) is 0. The topological polar surface area (TPSA) is 57.8 Å². The molecule has 1 amide bonds. The van der Waals surface area contributed by atoms with E-state index in [4.69, 9.17) is 0 Å². The van der Waals surface area contributed by atoms with Gasteiger partial charge in [-0.1, -0.05) is 12.1 Å². The first kappa shape index (κ1) is 11.0. The quantitative estimate of drug-likeness (QED) is 0.848. The molecule has 0 saturated carbocycles. The molecule has 4 nitrogen and oxygen atoms in total. The number of aromatic amines is 1. The first-order valence-corrected chi connectivity index (χ1v) is 6.25. The smallest absolute Gasteiger partial charge is 0.258 e. The van der Waals surface area contributed by atoms with Gasteiger partial charge in [-0.3, -0.25) is 9.89 Å². The summed E-state index contributed by atoms with van der Waals surface area (Å²) in [5.74, 6) is -0.109. The fourth-order valence-corrected chi connectivity index (χ4v) is 2.47. The second-order valence-electron chi connectivity index (χ2n) is 4.59. The molecule has 18 heavy (non-hydrogen) atoms. The van der Waals surface area contributed by atoms with E-state index in [0.717, 1.165) is 18.5 Å². The fourth-order valence-electron chi connectivity index (χ4n) is 2.47. The zero-order valence-electron chi connectivity index (χ0n) is 10.1. The van der Waals surface area contributed by atoms with Crippen molar-refractivity contribution >= 4 is 11.6 Å². The average Bonchev–Trinajstić information content (AvgIpc) is 2.93. The molecule has 3 rings (SSSR count). The molecule has 1 aliphatic carbocycles. The number of amides is 1. The van der Waals surface area contributed by atoms with E-state index in [1.165, 1.54) is 30.2 Å². The molecule has 1 aliphatic rings. The second kappa shape index (κ2) is 4.64.